The minimum Gasteiger partial charge on any atom is -0.381 e. The lowest BCUT2D eigenvalue weighted by atomic mass is 9.57. The first-order valence-corrected chi connectivity index (χ1v) is 9.17. The van der Waals surface area contributed by atoms with Gasteiger partial charge >= 0.3 is 0 Å². The van der Waals surface area contributed by atoms with Crippen molar-refractivity contribution in [3.05, 3.63) is 36.3 Å². The van der Waals surface area contributed by atoms with Crippen molar-refractivity contribution in [2.24, 2.45) is 5.41 Å². The average Bonchev–Trinajstić information content (AvgIpc) is 3.04. The molecule has 1 saturated carbocycles. The third-order valence-electron chi connectivity index (χ3n) is 5.76. The molecule has 4 rings (SSSR count). The van der Waals surface area contributed by atoms with Crippen LogP contribution in [0.5, 0.6) is 0 Å². The third kappa shape index (κ3) is 2.85. The van der Waals surface area contributed by atoms with E-state index in [-0.39, 0.29) is 5.41 Å². The van der Waals surface area contributed by atoms with Crippen LogP contribution >= 0.6 is 0 Å². The van der Waals surface area contributed by atoms with Crippen molar-refractivity contribution in [2.75, 3.05) is 26.4 Å². The molecule has 2 fully saturated rings. The van der Waals surface area contributed by atoms with Crippen LogP contribution in [0.15, 0.2) is 30.6 Å². The molecular weight excluding hydrogens is 302 g/mol. The predicted molar refractivity (Wildman–Crippen MR) is 93.2 cm³/mol. The van der Waals surface area contributed by atoms with E-state index >= 15 is 0 Å². The van der Waals surface area contributed by atoms with Gasteiger partial charge in [-0.05, 0) is 38.3 Å². The van der Waals surface area contributed by atoms with E-state index in [0.29, 0.717) is 12.1 Å². The Morgan fingerprint density at radius 1 is 1.38 bits per heavy atom. The summed E-state index contributed by atoms with van der Waals surface area (Å²) in [5.41, 5.74) is 2.46. The summed E-state index contributed by atoms with van der Waals surface area (Å²) >= 11 is 0. The van der Waals surface area contributed by atoms with Gasteiger partial charge < -0.3 is 19.2 Å². The molecule has 0 amide bonds. The van der Waals surface area contributed by atoms with Crippen molar-refractivity contribution in [3.63, 3.8) is 0 Å². The molecule has 3 heterocycles. The Morgan fingerprint density at radius 2 is 2.25 bits per heavy atom. The molecule has 1 saturated heterocycles. The molecule has 0 radical (unpaired) electrons. The molecule has 1 N–H and O–H groups in total. The normalized spacial score (nSPS) is 25.9. The molecule has 24 heavy (non-hydrogen) atoms. The molecule has 2 unspecified atom stereocenters. The van der Waals surface area contributed by atoms with Gasteiger partial charge in [-0.25, -0.2) is 4.98 Å². The third-order valence-corrected chi connectivity index (χ3v) is 5.76. The van der Waals surface area contributed by atoms with Gasteiger partial charge in [-0.15, -0.1) is 0 Å². The highest BCUT2D eigenvalue weighted by Crippen LogP contribution is 2.50. The fourth-order valence-corrected chi connectivity index (χ4v) is 4.37. The Hall–Kier alpha value is -1.43. The van der Waals surface area contributed by atoms with Gasteiger partial charge in [0.15, 0.2) is 0 Å². The zero-order valence-corrected chi connectivity index (χ0v) is 14.4. The van der Waals surface area contributed by atoms with Crippen molar-refractivity contribution in [1.82, 2.24) is 14.7 Å². The number of fused-ring (bicyclic) bond motifs is 1. The smallest absolute Gasteiger partial charge is 0.136 e. The fraction of sp³-hybridized carbons (Fsp3) is 0.632. The van der Waals surface area contributed by atoms with Crippen LogP contribution in [0, 0.1) is 5.41 Å². The maximum absolute atomic E-state index is 5.99. The molecule has 2 aromatic rings. The van der Waals surface area contributed by atoms with Gasteiger partial charge in [0.05, 0.1) is 11.8 Å². The van der Waals surface area contributed by atoms with Crippen LogP contribution in [0.2, 0.25) is 0 Å². The molecule has 0 bridgehead atoms. The summed E-state index contributed by atoms with van der Waals surface area (Å²) in [7, 11) is 0. The van der Waals surface area contributed by atoms with Crippen LogP contribution in [0.3, 0.4) is 0 Å². The number of nitrogens with one attached hydrogen (secondary N) is 1. The highest BCUT2D eigenvalue weighted by atomic mass is 16.5. The molecule has 1 spiro atoms. The quantitative estimate of drug-likeness (QED) is 0.884. The second-order valence-electron chi connectivity index (χ2n) is 6.98. The molecule has 2 atom stereocenters. The van der Waals surface area contributed by atoms with Crippen LogP contribution in [0.1, 0.15) is 31.9 Å². The number of hydrogen-bond donors (Lipinski definition) is 1. The zero-order chi connectivity index (χ0) is 16.4. The Labute approximate surface area is 143 Å². The molecule has 1 aliphatic carbocycles. The maximum atomic E-state index is 5.99. The van der Waals surface area contributed by atoms with E-state index in [2.05, 4.69) is 34.0 Å². The molecule has 1 aliphatic heterocycles. The minimum absolute atomic E-state index is 0.285. The maximum Gasteiger partial charge on any atom is 0.136 e. The highest BCUT2D eigenvalue weighted by Gasteiger charge is 2.55. The van der Waals surface area contributed by atoms with Gasteiger partial charge in [-0.3, -0.25) is 0 Å². The summed E-state index contributed by atoms with van der Waals surface area (Å²) in [6, 6.07) is 6.66. The average molecular weight is 329 g/mol. The van der Waals surface area contributed by atoms with Crippen LogP contribution < -0.4 is 5.32 Å². The minimum atomic E-state index is 0.285. The predicted octanol–water partition coefficient (Wildman–Crippen LogP) is 2.44. The number of hydrogen-bond acceptors (Lipinski definition) is 4. The lowest BCUT2D eigenvalue weighted by molar-refractivity contribution is -0.172. The molecule has 0 aromatic carbocycles. The van der Waals surface area contributed by atoms with E-state index in [0.717, 1.165) is 63.4 Å². The molecule has 5 heteroatoms. The number of nitrogens with zero attached hydrogens (tertiary/aromatic N) is 2. The lowest BCUT2D eigenvalue weighted by Crippen LogP contribution is -2.65. The van der Waals surface area contributed by atoms with E-state index in [1.807, 2.05) is 18.2 Å². The topological polar surface area (TPSA) is 47.8 Å². The summed E-state index contributed by atoms with van der Waals surface area (Å²) < 4.78 is 13.7. The van der Waals surface area contributed by atoms with Gasteiger partial charge in [0.2, 0.25) is 0 Å². The number of aromatic nitrogens is 2. The summed E-state index contributed by atoms with van der Waals surface area (Å²) in [4.78, 5) is 4.68. The first-order chi connectivity index (χ1) is 11.8. The van der Waals surface area contributed by atoms with Crippen LogP contribution in [0.4, 0.5) is 0 Å². The van der Waals surface area contributed by atoms with Gasteiger partial charge in [-0.1, -0.05) is 6.07 Å². The van der Waals surface area contributed by atoms with E-state index in [4.69, 9.17) is 9.47 Å². The van der Waals surface area contributed by atoms with Crippen LogP contribution in [-0.2, 0) is 15.9 Å². The largest absolute Gasteiger partial charge is 0.381 e. The van der Waals surface area contributed by atoms with Crippen LogP contribution in [-0.4, -0.2) is 47.9 Å². The summed E-state index contributed by atoms with van der Waals surface area (Å²) in [5, 5.41) is 3.78. The Balaban J connectivity index is 1.35. The van der Waals surface area contributed by atoms with Gasteiger partial charge in [-0.2, -0.15) is 0 Å². The molecule has 130 valence electrons. The van der Waals surface area contributed by atoms with E-state index in [1.165, 1.54) is 0 Å². The molecule has 2 aliphatic rings. The summed E-state index contributed by atoms with van der Waals surface area (Å²) in [5.74, 6) is 0. The van der Waals surface area contributed by atoms with E-state index < -0.39 is 0 Å². The molecular formula is C19H27N3O2. The van der Waals surface area contributed by atoms with Crippen molar-refractivity contribution < 1.29 is 9.47 Å². The fourth-order valence-electron chi connectivity index (χ4n) is 4.37. The monoisotopic (exact) mass is 329 g/mol. The standard InChI is InChI=1S/C19H27N3O2/c1-2-24-17-13-16(19(17)7-11-23-12-8-19)20-9-6-15-14-22-10-4-3-5-18(22)21-15/h3-5,10,14,16-17,20H,2,6-9,11-13H2,1H3. The van der Waals surface area contributed by atoms with Gasteiger partial charge in [0.25, 0.3) is 0 Å². The van der Waals surface area contributed by atoms with Gasteiger partial charge in [0, 0.05) is 56.6 Å². The van der Waals surface area contributed by atoms with Crippen molar-refractivity contribution in [3.8, 4) is 0 Å². The first kappa shape index (κ1) is 16.1. The SMILES string of the molecule is CCOC1CC(NCCc2cn3ccccc3n2)C12CCOCC2. The Morgan fingerprint density at radius 3 is 3.04 bits per heavy atom. The van der Waals surface area contributed by atoms with E-state index in [1.54, 1.807) is 0 Å². The number of rotatable bonds is 6. The second-order valence-corrected chi connectivity index (χ2v) is 6.98. The lowest BCUT2D eigenvalue weighted by Gasteiger charge is -2.57. The summed E-state index contributed by atoms with van der Waals surface area (Å²) in [6.45, 7) is 5.61. The Kier molecular flexibility index (Phi) is 4.57. The van der Waals surface area contributed by atoms with Crippen LogP contribution in [0.25, 0.3) is 5.65 Å². The summed E-state index contributed by atoms with van der Waals surface area (Å²) in [6.07, 6.45) is 8.90. The number of imidazole rings is 1. The first-order valence-electron chi connectivity index (χ1n) is 9.17. The van der Waals surface area contributed by atoms with Crippen molar-refractivity contribution in [2.45, 2.75) is 44.8 Å². The van der Waals surface area contributed by atoms with Gasteiger partial charge in [0.1, 0.15) is 5.65 Å². The van der Waals surface area contributed by atoms with Crippen molar-refractivity contribution in [1.29, 1.82) is 0 Å². The Bertz CT molecular complexity index is 645. The number of pyridine rings is 1. The highest BCUT2D eigenvalue weighted by molar-refractivity contribution is 5.39. The van der Waals surface area contributed by atoms with Crippen molar-refractivity contribution >= 4 is 5.65 Å². The zero-order valence-electron chi connectivity index (χ0n) is 14.4. The van der Waals surface area contributed by atoms with E-state index in [9.17, 15) is 0 Å². The molecule has 2 aromatic heterocycles. The second kappa shape index (κ2) is 6.82. The number of ether oxygens (including phenoxy) is 2. The molecule has 5 nitrogen and oxygen atoms in total.